The maximum Gasteiger partial charge on any atom is 0.417 e. The van der Waals surface area contributed by atoms with Crippen molar-refractivity contribution >= 4 is 23.3 Å². The Morgan fingerprint density at radius 3 is 2.27 bits per heavy atom. The summed E-state index contributed by atoms with van der Waals surface area (Å²) in [4.78, 5) is 35.9. The molecule has 4 heterocycles. The molecule has 4 rings (SSSR count). The van der Waals surface area contributed by atoms with Crippen LogP contribution in [0.4, 0.5) is 33.5 Å². The topological polar surface area (TPSA) is 138 Å². The molecule has 1 aliphatic heterocycles. The van der Waals surface area contributed by atoms with Crippen molar-refractivity contribution in [1.29, 1.82) is 5.26 Å². The standard InChI is InChI=1S/C20H18F5N5O.C6H6N2O/c1-11-9-30(10-12(2)19(11,21)22)17-16(5-13(8-28-17)20(23,24)25)18(31)29-14-3-4-27-15(6-14)7-26;7-6(9)5-3-1-2-4-8-5/h3-6,8,11-12H,9-10H2,1-2H3,(H,27,29,31);1-4H,(H2,7,9)/t11-,12+;. The van der Waals surface area contributed by atoms with Gasteiger partial charge in [-0.15, -0.1) is 0 Å². The van der Waals surface area contributed by atoms with Crippen molar-refractivity contribution in [3.63, 3.8) is 0 Å². The van der Waals surface area contributed by atoms with Gasteiger partial charge in [0, 0.05) is 49.2 Å². The molecule has 0 aromatic carbocycles. The molecular formula is C26H24F5N7O2. The van der Waals surface area contributed by atoms with E-state index in [9.17, 15) is 31.5 Å². The van der Waals surface area contributed by atoms with Gasteiger partial charge in [0.05, 0.1) is 11.1 Å². The third-order valence-corrected chi connectivity index (χ3v) is 6.09. The lowest BCUT2D eigenvalue weighted by molar-refractivity contribution is -0.137. The van der Waals surface area contributed by atoms with Crippen molar-refractivity contribution in [2.45, 2.75) is 25.9 Å². The largest absolute Gasteiger partial charge is 0.417 e. The summed E-state index contributed by atoms with van der Waals surface area (Å²) in [6.45, 7) is 2.33. The van der Waals surface area contributed by atoms with Crippen LogP contribution in [0.15, 0.2) is 55.0 Å². The minimum Gasteiger partial charge on any atom is -0.364 e. The molecule has 3 aromatic rings. The Hall–Kier alpha value is -4.67. The zero-order chi connectivity index (χ0) is 29.7. The number of nitrogens with zero attached hydrogens (tertiary/aromatic N) is 5. The van der Waals surface area contributed by atoms with Crippen LogP contribution in [0.25, 0.3) is 0 Å². The Bertz CT molecular complexity index is 1400. The van der Waals surface area contributed by atoms with E-state index >= 15 is 0 Å². The van der Waals surface area contributed by atoms with E-state index in [0.29, 0.717) is 18.0 Å². The second kappa shape index (κ2) is 12.0. The molecule has 0 saturated carbocycles. The Balaban J connectivity index is 0.000000415. The number of carbonyl (C=O) groups is 2. The average molecular weight is 562 g/mol. The SMILES string of the molecule is C[C@@H]1CN(c2ncc(C(F)(F)F)cc2C(=O)Nc2ccnc(C#N)c2)C[C@H](C)C1(F)F.NC(=O)c1ccccn1. The molecule has 2 amide bonds. The molecule has 3 aromatic heterocycles. The first-order valence-corrected chi connectivity index (χ1v) is 11.8. The van der Waals surface area contributed by atoms with Crippen molar-refractivity contribution in [3.05, 3.63) is 77.5 Å². The van der Waals surface area contributed by atoms with Crippen LogP contribution >= 0.6 is 0 Å². The molecule has 0 radical (unpaired) electrons. The number of halogens is 5. The molecule has 3 N–H and O–H groups in total. The van der Waals surface area contributed by atoms with Crippen LogP contribution in [-0.4, -0.2) is 45.8 Å². The minimum atomic E-state index is -4.75. The van der Waals surface area contributed by atoms with Gasteiger partial charge in [-0.3, -0.25) is 14.6 Å². The Morgan fingerprint density at radius 1 is 1.07 bits per heavy atom. The number of nitrogens with two attached hydrogens (primary N) is 1. The third kappa shape index (κ3) is 7.04. The second-order valence-corrected chi connectivity index (χ2v) is 9.05. The van der Waals surface area contributed by atoms with Crippen LogP contribution in [-0.2, 0) is 6.18 Å². The highest BCUT2D eigenvalue weighted by Crippen LogP contribution is 2.40. The van der Waals surface area contributed by atoms with E-state index in [4.69, 9.17) is 11.0 Å². The number of nitriles is 1. The van der Waals surface area contributed by atoms with Crippen molar-refractivity contribution in [2.75, 3.05) is 23.3 Å². The van der Waals surface area contributed by atoms with E-state index < -0.39 is 46.9 Å². The zero-order valence-electron chi connectivity index (χ0n) is 21.3. The van der Waals surface area contributed by atoms with Gasteiger partial charge in [0.2, 0.25) is 0 Å². The minimum absolute atomic E-state index is 0.00102. The maximum absolute atomic E-state index is 14.2. The fourth-order valence-electron chi connectivity index (χ4n) is 3.95. The number of amides is 2. The van der Waals surface area contributed by atoms with E-state index in [1.807, 2.05) is 0 Å². The van der Waals surface area contributed by atoms with E-state index in [2.05, 4.69) is 20.3 Å². The Morgan fingerprint density at radius 2 is 1.75 bits per heavy atom. The van der Waals surface area contributed by atoms with E-state index in [1.54, 1.807) is 24.3 Å². The highest BCUT2D eigenvalue weighted by molar-refractivity contribution is 6.07. The number of rotatable bonds is 4. The molecule has 2 atom stereocenters. The molecule has 0 spiro atoms. The summed E-state index contributed by atoms with van der Waals surface area (Å²) in [6, 6.07) is 10.1. The van der Waals surface area contributed by atoms with E-state index in [0.717, 1.165) is 0 Å². The lowest BCUT2D eigenvalue weighted by atomic mass is 9.87. The van der Waals surface area contributed by atoms with Crippen LogP contribution in [0.2, 0.25) is 0 Å². The number of piperidine rings is 1. The summed E-state index contributed by atoms with van der Waals surface area (Å²) < 4.78 is 68.1. The van der Waals surface area contributed by atoms with Gasteiger partial charge in [-0.05, 0) is 30.3 Å². The van der Waals surface area contributed by atoms with Gasteiger partial charge in [-0.1, -0.05) is 19.9 Å². The van der Waals surface area contributed by atoms with Gasteiger partial charge in [0.25, 0.3) is 17.7 Å². The summed E-state index contributed by atoms with van der Waals surface area (Å²) in [6.07, 6.45) is -1.38. The zero-order valence-corrected chi connectivity index (χ0v) is 21.3. The molecule has 1 saturated heterocycles. The van der Waals surface area contributed by atoms with Crippen LogP contribution in [0.5, 0.6) is 0 Å². The first kappa shape index (κ1) is 29.9. The van der Waals surface area contributed by atoms with Crippen LogP contribution in [0.1, 0.15) is 46.0 Å². The predicted octanol–water partition coefficient (Wildman–Crippen LogP) is 4.53. The summed E-state index contributed by atoms with van der Waals surface area (Å²) in [7, 11) is 0. The van der Waals surface area contributed by atoms with Crippen LogP contribution in [0.3, 0.4) is 0 Å². The fraction of sp³-hybridized carbons (Fsp3) is 0.308. The van der Waals surface area contributed by atoms with Gasteiger partial charge in [0.15, 0.2) is 0 Å². The number of carbonyl (C=O) groups excluding carboxylic acids is 2. The van der Waals surface area contributed by atoms with Crippen molar-refractivity contribution < 1.29 is 31.5 Å². The fourth-order valence-corrected chi connectivity index (χ4v) is 3.95. The molecule has 1 aliphatic rings. The monoisotopic (exact) mass is 561 g/mol. The van der Waals surface area contributed by atoms with Crippen LogP contribution < -0.4 is 16.0 Å². The summed E-state index contributed by atoms with van der Waals surface area (Å²) >= 11 is 0. The molecule has 0 unspecified atom stereocenters. The van der Waals surface area contributed by atoms with Crippen LogP contribution in [0, 0.1) is 23.2 Å². The molecule has 0 aliphatic carbocycles. The highest BCUT2D eigenvalue weighted by Gasteiger charge is 2.48. The number of aromatic nitrogens is 3. The van der Waals surface area contributed by atoms with Gasteiger partial charge in [-0.25, -0.2) is 18.7 Å². The average Bonchev–Trinajstić information content (AvgIpc) is 2.92. The number of hydrogen-bond acceptors (Lipinski definition) is 7. The lowest BCUT2D eigenvalue weighted by Gasteiger charge is -2.42. The van der Waals surface area contributed by atoms with Gasteiger partial charge < -0.3 is 16.0 Å². The Kier molecular flexibility index (Phi) is 8.98. The van der Waals surface area contributed by atoms with Crippen molar-refractivity contribution in [2.24, 2.45) is 17.6 Å². The predicted molar refractivity (Wildman–Crippen MR) is 134 cm³/mol. The normalized spacial score (nSPS) is 18.1. The first-order valence-electron chi connectivity index (χ1n) is 11.8. The van der Waals surface area contributed by atoms with Crippen molar-refractivity contribution in [1.82, 2.24) is 15.0 Å². The number of pyridine rings is 3. The second-order valence-electron chi connectivity index (χ2n) is 9.05. The molecule has 210 valence electrons. The third-order valence-electron chi connectivity index (χ3n) is 6.09. The molecule has 9 nitrogen and oxygen atoms in total. The molecule has 1 fully saturated rings. The lowest BCUT2D eigenvalue weighted by Crippen LogP contribution is -2.52. The van der Waals surface area contributed by atoms with Gasteiger partial charge in [-0.2, -0.15) is 18.4 Å². The molecule has 14 heteroatoms. The smallest absolute Gasteiger partial charge is 0.364 e. The molecule has 40 heavy (non-hydrogen) atoms. The van der Waals surface area contributed by atoms with E-state index in [-0.39, 0.29) is 30.3 Å². The number of hydrogen-bond donors (Lipinski definition) is 2. The van der Waals surface area contributed by atoms with E-state index in [1.165, 1.54) is 43.3 Å². The van der Waals surface area contributed by atoms with Crippen molar-refractivity contribution in [3.8, 4) is 6.07 Å². The summed E-state index contributed by atoms with van der Waals surface area (Å²) in [5.74, 6) is -6.65. The number of primary amides is 1. The molecule has 0 bridgehead atoms. The Labute approximate surface area is 225 Å². The number of anilines is 2. The molecular weight excluding hydrogens is 537 g/mol. The summed E-state index contributed by atoms with van der Waals surface area (Å²) in [5.41, 5.74) is 3.81. The number of nitrogens with one attached hydrogen (secondary N) is 1. The highest BCUT2D eigenvalue weighted by atomic mass is 19.4. The first-order chi connectivity index (χ1) is 18.7. The quantitative estimate of drug-likeness (QED) is 0.447. The maximum atomic E-state index is 14.2. The van der Waals surface area contributed by atoms with Gasteiger partial charge >= 0.3 is 6.18 Å². The van der Waals surface area contributed by atoms with Gasteiger partial charge in [0.1, 0.15) is 23.3 Å². The summed E-state index contributed by atoms with van der Waals surface area (Å²) in [5, 5.41) is 11.3. The number of alkyl halides is 5.